The van der Waals surface area contributed by atoms with Gasteiger partial charge in [-0.05, 0) is 35.9 Å². The van der Waals surface area contributed by atoms with Gasteiger partial charge in [0.25, 0.3) is 5.91 Å². The van der Waals surface area contributed by atoms with Crippen molar-refractivity contribution in [2.24, 2.45) is 10.8 Å². The maximum Gasteiger partial charge on any atom is 0.326 e. The van der Waals surface area contributed by atoms with E-state index in [4.69, 9.17) is 10.9 Å². The third kappa shape index (κ3) is 6.22. The van der Waals surface area contributed by atoms with Crippen LogP contribution in [0.1, 0.15) is 22.8 Å². The summed E-state index contributed by atoms with van der Waals surface area (Å²) in [6.07, 6.45) is 1.44. The Morgan fingerprint density at radius 2 is 1.89 bits per heavy atom. The number of benzene rings is 2. The number of nitrogens with zero attached hydrogens (tertiary/aromatic N) is 1. The summed E-state index contributed by atoms with van der Waals surface area (Å²) < 4.78 is 0. The van der Waals surface area contributed by atoms with Crippen molar-refractivity contribution in [2.75, 3.05) is 5.32 Å². The van der Waals surface area contributed by atoms with Gasteiger partial charge in [0.2, 0.25) is 5.91 Å². The van der Waals surface area contributed by atoms with Crippen LogP contribution in [-0.2, 0) is 16.0 Å². The third-order valence-corrected chi connectivity index (χ3v) is 3.72. The van der Waals surface area contributed by atoms with E-state index >= 15 is 0 Å². The van der Waals surface area contributed by atoms with Gasteiger partial charge in [-0.2, -0.15) is 0 Å². The zero-order chi connectivity index (χ0) is 20.5. The fraction of sp³-hybridized carbons (Fsp3) is 0.158. The highest BCUT2D eigenvalue weighted by molar-refractivity contribution is 6.04. The molecule has 0 bridgehead atoms. The molecule has 0 aliphatic heterocycles. The quantitative estimate of drug-likeness (QED) is 0.200. The molecule has 0 unspecified atom stereocenters. The van der Waals surface area contributed by atoms with Crippen LogP contribution in [-0.4, -0.2) is 35.3 Å². The lowest BCUT2D eigenvalue weighted by Crippen LogP contribution is -2.41. The summed E-state index contributed by atoms with van der Waals surface area (Å²) in [7, 11) is 0. The van der Waals surface area contributed by atoms with Gasteiger partial charge in [-0.3, -0.25) is 9.59 Å². The second kappa shape index (κ2) is 9.83. The number of hydrazine groups is 1. The summed E-state index contributed by atoms with van der Waals surface area (Å²) in [6.45, 7) is 1.27. The van der Waals surface area contributed by atoms with E-state index in [0.717, 1.165) is 0 Å². The summed E-state index contributed by atoms with van der Waals surface area (Å²) in [5.41, 5.74) is 4.55. The van der Waals surface area contributed by atoms with E-state index in [9.17, 15) is 14.4 Å². The highest BCUT2D eigenvalue weighted by atomic mass is 16.4. The molecule has 9 nitrogen and oxygen atoms in total. The first-order valence-corrected chi connectivity index (χ1v) is 8.38. The van der Waals surface area contributed by atoms with Crippen LogP contribution in [0.2, 0.25) is 0 Å². The van der Waals surface area contributed by atoms with Crippen molar-refractivity contribution >= 4 is 35.5 Å². The Morgan fingerprint density at radius 1 is 1.18 bits per heavy atom. The summed E-state index contributed by atoms with van der Waals surface area (Å²) in [4.78, 5) is 38.7. The van der Waals surface area contributed by atoms with Crippen LogP contribution in [0.5, 0.6) is 0 Å². The molecule has 0 saturated carbocycles. The number of anilines is 1. The number of hydrogen-bond acceptors (Lipinski definition) is 5. The van der Waals surface area contributed by atoms with Crippen LogP contribution in [0, 0.1) is 0 Å². The number of carbonyl (C=O) groups is 3. The van der Waals surface area contributed by atoms with Crippen molar-refractivity contribution < 1.29 is 19.5 Å². The van der Waals surface area contributed by atoms with E-state index in [1.165, 1.54) is 13.3 Å². The SMILES string of the molecule is CC(=O)N[C@@H](Cc1ccc(NC(=O)c2cccc(N=CNN)c2)cc1)C(=O)O. The molecule has 1 atom stereocenters. The number of carboxylic acid groups (broad SMARTS) is 1. The van der Waals surface area contributed by atoms with E-state index in [1.807, 2.05) is 0 Å². The van der Waals surface area contributed by atoms with Crippen LogP contribution < -0.4 is 21.9 Å². The van der Waals surface area contributed by atoms with Gasteiger partial charge >= 0.3 is 5.97 Å². The van der Waals surface area contributed by atoms with Gasteiger partial charge in [0, 0.05) is 24.6 Å². The van der Waals surface area contributed by atoms with E-state index in [1.54, 1.807) is 48.5 Å². The molecule has 28 heavy (non-hydrogen) atoms. The number of nitrogens with two attached hydrogens (primary N) is 1. The van der Waals surface area contributed by atoms with Gasteiger partial charge in [0.05, 0.1) is 5.69 Å². The Labute approximate surface area is 161 Å². The molecule has 0 spiro atoms. The molecule has 0 fully saturated rings. The van der Waals surface area contributed by atoms with Crippen LogP contribution in [0.4, 0.5) is 11.4 Å². The topological polar surface area (TPSA) is 146 Å². The first-order valence-electron chi connectivity index (χ1n) is 8.38. The number of carboxylic acids is 1. The molecule has 2 rings (SSSR count). The molecule has 9 heteroatoms. The van der Waals surface area contributed by atoms with E-state index in [0.29, 0.717) is 22.5 Å². The highest BCUT2D eigenvalue weighted by Crippen LogP contribution is 2.16. The molecule has 0 aromatic heterocycles. The van der Waals surface area contributed by atoms with Crippen LogP contribution >= 0.6 is 0 Å². The maximum atomic E-state index is 12.4. The number of rotatable bonds is 8. The first kappa shape index (κ1) is 20.6. The van der Waals surface area contributed by atoms with Crippen LogP contribution in [0.3, 0.4) is 0 Å². The number of hydrogen-bond donors (Lipinski definition) is 5. The summed E-state index contributed by atoms with van der Waals surface area (Å²) >= 11 is 0. The third-order valence-electron chi connectivity index (χ3n) is 3.72. The minimum atomic E-state index is -1.11. The largest absolute Gasteiger partial charge is 0.480 e. The van der Waals surface area contributed by atoms with Crippen molar-refractivity contribution in [1.29, 1.82) is 0 Å². The molecule has 0 aliphatic carbocycles. The fourth-order valence-corrected chi connectivity index (χ4v) is 2.45. The number of aliphatic carboxylic acids is 1. The van der Waals surface area contributed by atoms with Crippen molar-refractivity contribution in [3.05, 3.63) is 59.7 Å². The summed E-state index contributed by atoms with van der Waals surface area (Å²) in [5, 5.41) is 14.3. The van der Waals surface area contributed by atoms with Gasteiger partial charge in [-0.15, -0.1) is 0 Å². The average Bonchev–Trinajstić information content (AvgIpc) is 2.67. The molecule has 6 N–H and O–H groups in total. The predicted octanol–water partition coefficient (Wildman–Crippen LogP) is 1.19. The summed E-state index contributed by atoms with van der Waals surface area (Å²) in [5.74, 6) is 3.29. The predicted molar refractivity (Wildman–Crippen MR) is 105 cm³/mol. The van der Waals surface area contributed by atoms with Crippen molar-refractivity contribution in [3.8, 4) is 0 Å². The number of aliphatic imine (C=N–C) groups is 1. The Kier molecular flexibility index (Phi) is 7.23. The number of amides is 2. The normalized spacial score (nSPS) is 11.6. The van der Waals surface area contributed by atoms with E-state index < -0.39 is 17.9 Å². The Hall–Kier alpha value is -3.72. The Bertz CT molecular complexity index is 880. The lowest BCUT2D eigenvalue weighted by molar-refractivity contribution is -0.141. The van der Waals surface area contributed by atoms with E-state index in [-0.39, 0.29) is 12.3 Å². The monoisotopic (exact) mass is 383 g/mol. The zero-order valence-electron chi connectivity index (χ0n) is 15.2. The van der Waals surface area contributed by atoms with Gasteiger partial charge in [-0.1, -0.05) is 18.2 Å². The molecule has 0 heterocycles. The minimum Gasteiger partial charge on any atom is -0.480 e. The lowest BCUT2D eigenvalue weighted by Gasteiger charge is -2.13. The fourth-order valence-electron chi connectivity index (χ4n) is 2.45. The zero-order valence-corrected chi connectivity index (χ0v) is 15.2. The summed E-state index contributed by atoms with van der Waals surface area (Å²) in [6, 6.07) is 12.4. The van der Waals surface area contributed by atoms with E-state index in [2.05, 4.69) is 21.1 Å². The number of carbonyl (C=O) groups excluding carboxylic acids is 2. The first-order chi connectivity index (χ1) is 13.4. The molecule has 0 saturated heterocycles. The van der Waals surface area contributed by atoms with Gasteiger partial charge in [0.1, 0.15) is 12.4 Å². The molecular weight excluding hydrogens is 362 g/mol. The van der Waals surface area contributed by atoms with Crippen molar-refractivity contribution in [2.45, 2.75) is 19.4 Å². The molecule has 146 valence electrons. The molecular formula is C19H21N5O4. The minimum absolute atomic E-state index is 0.137. The van der Waals surface area contributed by atoms with Crippen molar-refractivity contribution in [3.63, 3.8) is 0 Å². The van der Waals surface area contributed by atoms with Crippen LogP contribution in [0.15, 0.2) is 53.5 Å². The highest BCUT2D eigenvalue weighted by Gasteiger charge is 2.18. The average molecular weight is 383 g/mol. The second-order valence-electron chi connectivity index (χ2n) is 5.92. The Morgan fingerprint density at radius 3 is 2.50 bits per heavy atom. The molecule has 2 aromatic carbocycles. The Balaban J connectivity index is 2.03. The molecule has 2 aromatic rings. The lowest BCUT2D eigenvalue weighted by atomic mass is 10.1. The van der Waals surface area contributed by atoms with Crippen LogP contribution in [0.25, 0.3) is 0 Å². The van der Waals surface area contributed by atoms with Crippen molar-refractivity contribution in [1.82, 2.24) is 10.7 Å². The van der Waals surface area contributed by atoms with Gasteiger partial charge in [0.15, 0.2) is 0 Å². The maximum absolute atomic E-state index is 12.4. The second-order valence-corrected chi connectivity index (χ2v) is 5.92. The van der Waals surface area contributed by atoms with Gasteiger partial charge < -0.3 is 21.2 Å². The number of nitrogens with one attached hydrogen (secondary N) is 3. The smallest absolute Gasteiger partial charge is 0.326 e. The molecule has 0 radical (unpaired) electrons. The molecule has 2 amide bonds. The standard InChI is InChI=1S/C19H21N5O4/c1-12(25)23-17(19(27)28)9-13-5-7-15(8-6-13)24-18(26)14-3-2-4-16(10-14)21-11-22-20/h2-8,10-11,17H,9,20H2,1H3,(H,21,22)(H,23,25)(H,24,26)(H,27,28)/t17-/m0/s1. The van der Waals surface area contributed by atoms with Gasteiger partial charge in [-0.25, -0.2) is 15.6 Å². The molecule has 0 aliphatic rings.